The molecule has 0 aliphatic rings. The number of hydrogen-bond acceptors (Lipinski definition) is 1. The highest BCUT2D eigenvalue weighted by Gasteiger charge is 1.99. The molecule has 0 bridgehead atoms. The fraction of sp³-hybridized carbons (Fsp3) is 0. The number of benzene rings is 1. The van der Waals surface area contributed by atoms with Crippen molar-refractivity contribution in [3.63, 3.8) is 0 Å². The number of nitrogens with zero attached hydrogens (tertiary/aromatic N) is 1. The molecule has 0 radical (unpaired) electrons. The Hall–Kier alpha value is -0.850. The predicted octanol–water partition coefficient (Wildman–Crippen LogP) is 3.35. The van der Waals surface area contributed by atoms with E-state index in [1.807, 2.05) is 18.2 Å². The zero-order valence-corrected chi connectivity index (χ0v) is 7.72. The van der Waals surface area contributed by atoms with Crippen LogP contribution in [0.2, 0.25) is 5.02 Å². The Balaban J connectivity index is 2.81. The van der Waals surface area contributed by atoms with Gasteiger partial charge in [-0.1, -0.05) is 11.6 Å². The number of hydrogen-bond donors (Lipinski definition) is 0. The average molecular weight is 198 g/mol. The first-order valence-corrected chi connectivity index (χ1v) is 4.56. The lowest BCUT2D eigenvalue weighted by molar-refractivity contribution is 0.595. The quantitative estimate of drug-likeness (QED) is 0.643. The van der Waals surface area contributed by atoms with Crippen molar-refractivity contribution in [1.82, 2.24) is 4.34 Å². The maximum absolute atomic E-state index is 10.6. The molecule has 0 unspecified atom stereocenters. The van der Waals surface area contributed by atoms with Crippen molar-refractivity contribution >= 4 is 31.1 Å². The van der Waals surface area contributed by atoms with Crippen molar-refractivity contribution in [3.8, 4) is 0 Å². The summed E-state index contributed by atoms with van der Waals surface area (Å²) in [6.45, 7) is 0. The first-order valence-electron chi connectivity index (χ1n) is 3.41. The molecular weight excluding hydrogens is 193 g/mol. The van der Waals surface area contributed by atoms with Crippen molar-refractivity contribution in [1.29, 1.82) is 0 Å². The third-order valence-corrected chi connectivity index (χ3v) is 2.48. The monoisotopic (exact) mass is 197 g/mol. The lowest BCUT2D eigenvalue weighted by Gasteiger charge is -1.92. The molecule has 2 aromatic rings. The van der Waals surface area contributed by atoms with Gasteiger partial charge >= 0.3 is 0 Å². The van der Waals surface area contributed by atoms with Gasteiger partial charge in [0, 0.05) is 16.6 Å². The molecule has 0 aliphatic heterocycles. The Kier molecular flexibility index (Phi) is 1.87. The molecule has 4 heteroatoms. The minimum absolute atomic E-state index is 0.0185. The summed E-state index contributed by atoms with van der Waals surface area (Å²) >= 11 is 5.78. The zero-order valence-electron chi connectivity index (χ0n) is 6.07. The van der Waals surface area contributed by atoms with Crippen LogP contribution in [-0.4, -0.2) is 4.34 Å². The third-order valence-electron chi connectivity index (χ3n) is 1.72. The topological polar surface area (TPSA) is 22.0 Å². The van der Waals surface area contributed by atoms with Crippen LogP contribution in [0, 0.1) is 0 Å². The largest absolute Gasteiger partial charge is 0.286 e. The molecule has 0 N–H and O–H groups in total. The standard InChI is InChI=1S/C8H5ClNOP/c9-7-1-2-8-6(5-7)3-4-10(8)12-11/h1-5H. The van der Waals surface area contributed by atoms with Crippen LogP contribution in [0.1, 0.15) is 0 Å². The van der Waals surface area contributed by atoms with Crippen molar-refractivity contribution in [3.05, 3.63) is 35.5 Å². The van der Waals surface area contributed by atoms with Crippen molar-refractivity contribution in [2.75, 3.05) is 0 Å². The molecule has 1 heterocycles. The highest BCUT2D eigenvalue weighted by atomic mass is 35.5. The summed E-state index contributed by atoms with van der Waals surface area (Å²) < 4.78 is 12.2. The second kappa shape index (κ2) is 2.89. The Morgan fingerprint density at radius 2 is 2.17 bits per heavy atom. The van der Waals surface area contributed by atoms with Crippen molar-refractivity contribution in [2.45, 2.75) is 0 Å². The van der Waals surface area contributed by atoms with Gasteiger partial charge in [0.15, 0.2) is 0 Å². The van der Waals surface area contributed by atoms with Gasteiger partial charge in [-0.25, -0.2) is 4.57 Å². The number of aromatic nitrogens is 1. The maximum Gasteiger partial charge on any atom is 0.286 e. The van der Waals surface area contributed by atoms with E-state index in [1.165, 1.54) is 0 Å². The molecule has 0 saturated carbocycles. The molecule has 12 heavy (non-hydrogen) atoms. The Bertz CT molecular complexity index is 438. The van der Waals surface area contributed by atoms with E-state index in [1.54, 1.807) is 16.6 Å². The van der Waals surface area contributed by atoms with E-state index in [0.29, 0.717) is 5.02 Å². The molecule has 2 rings (SSSR count). The summed E-state index contributed by atoms with van der Waals surface area (Å²) in [5, 5.41) is 1.70. The van der Waals surface area contributed by atoms with Gasteiger partial charge in [0.25, 0.3) is 8.61 Å². The fourth-order valence-electron chi connectivity index (χ4n) is 1.17. The second-order valence-electron chi connectivity index (χ2n) is 2.45. The van der Waals surface area contributed by atoms with E-state index in [4.69, 9.17) is 11.6 Å². The molecule has 60 valence electrons. The van der Waals surface area contributed by atoms with E-state index in [0.717, 1.165) is 10.9 Å². The Morgan fingerprint density at radius 1 is 1.33 bits per heavy atom. The summed E-state index contributed by atoms with van der Waals surface area (Å²) in [5.41, 5.74) is 0.927. The van der Waals surface area contributed by atoms with Crippen LogP contribution >= 0.6 is 20.2 Å². The molecule has 1 aromatic carbocycles. The van der Waals surface area contributed by atoms with E-state index < -0.39 is 0 Å². The minimum Gasteiger partial charge on any atom is -0.266 e. The van der Waals surface area contributed by atoms with Gasteiger partial charge < -0.3 is 0 Å². The van der Waals surface area contributed by atoms with Crippen LogP contribution in [0.4, 0.5) is 0 Å². The van der Waals surface area contributed by atoms with Crippen LogP contribution in [-0.2, 0) is 4.57 Å². The zero-order chi connectivity index (χ0) is 8.55. The van der Waals surface area contributed by atoms with Gasteiger partial charge in [0.05, 0.1) is 5.52 Å². The SMILES string of the molecule is O=Pn1ccc2cc(Cl)ccc21. The Labute approximate surface area is 76.0 Å². The van der Waals surface area contributed by atoms with Gasteiger partial charge in [0.1, 0.15) is 0 Å². The summed E-state index contributed by atoms with van der Waals surface area (Å²) in [4.78, 5) is 0. The lowest BCUT2D eigenvalue weighted by atomic mass is 10.2. The molecule has 0 saturated heterocycles. The van der Waals surface area contributed by atoms with Crippen LogP contribution in [0.5, 0.6) is 0 Å². The summed E-state index contributed by atoms with van der Waals surface area (Å²) in [6.07, 6.45) is 1.76. The van der Waals surface area contributed by atoms with Gasteiger partial charge in [0.2, 0.25) is 0 Å². The molecule has 1 aromatic heterocycles. The number of halogens is 1. The molecule has 0 fully saturated rings. The van der Waals surface area contributed by atoms with Crippen LogP contribution in [0.25, 0.3) is 10.9 Å². The lowest BCUT2D eigenvalue weighted by Crippen LogP contribution is -1.74. The fourth-order valence-corrected chi connectivity index (χ4v) is 1.74. The first-order chi connectivity index (χ1) is 5.81. The summed E-state index contributed by atoms with van der Waals surface area (Å²) in [5.74, 6) is 0. The van der Waals surface area contributed by atoms with E-state index >= 15 is 0 Å². The maximum atomic E-state index is 10.6. The predicted molar refractivity (Wildman–Crippen MR) is 50.0 cm³/mol. The smallest absolute Gasteiger partial charge is 0.266 e. The molecular formula is C8H5ClNOP. The normalized spacial score (nSPS) is 11.1. The van der Waals surface area contributed by atoms with E-state index in [9.17, 15) is 4.57 Å². The summed E-state index contributed by atoms with van der Waals surface area (Å²) in [6, 6.07) is 7.36. The average Bonchev–Trinajstić information content (AvgIpc) is 2.46. The van der Waals surface area contributed by atoms with Crippen LogP contribution < -0.4 is 0 Å². The third kappa shape index (κ3) is 1.13. The van der Waals surface area contributed by atoms with Gasteiger partial charge in [-0.15, -0.1) is 0 Å². The molecule has 0 spiro atoms. The molecule has 0 atom stereocenters. The van der Waals surface area contributed by atoms with Crippen LogP contribution in [0.15, 0.2) is 30.5 Å². The molecule has 0 amide bonds. The van der Waals surface area contributed by atoms with Crippen molar-refractivity contribution in [2.24, 2.45) is 0 Å². The van der Waals surface area contributed by atoms with E-state index in [2.05, 4.69) is 0 Å². The van der Waals surface area contributed by atoms with Gasteiger partial charge in [-0.3, -0.25) is 4.34 Å². The Morgan fingerprint density at radius 3 is 2.92 bits per heavy atom. The highest BCUT2D eigenvalue weighted by molar-refractivity contribution is 7.22. The van der Waals surface area contributed by atoms with Gasteiger partial charge in [-0.05, 0) is 24.3 Å². The van der Waals surface area contributed by atoms with Gasteiger partial charge in [-0.2, -0.15) is 0 Å². The minimum atomic E-state index is -0.0185. The highest BCUT2D eigenvalue weighted by Crippen LogP contribution is 2.22. The molecule has 0 aliphatic carbocycles. The second-order valence-corrected chi connectivity index (χ2v) is 3.48. The number of rotatable bonds is 1. The van der Waals surface area contributed by atoms with Crippen LogP contribution in [0.3, 0.4) is 0 Å². The summed E-state index contributed by atoms with van der Waals surface area (Å²) in [7, 11) is -0.0185. The first kappa shape index (κ1) is 7.78. The van der Waals surface area contributed by atoms with E-state index in [-0.39, 0.29) is 8.61 Å². The molecule has 2 nitrogen and oxygen atoms in total. The number of fused-ring (bicyclic) bond motifs is 1. The van der Waals surface area contributed by atoms with Crippen molar-refractivity contribution < 1.29 is 4.57 Å².